The third-order valence-corrected chi connectivity index (χ3v) is 10.2. The quantitative estimate of drug-likeness (QED) is 0.299. The van der Waals surface area contributed by atoms with Crippen molar-refractivity contribution in [2.24, 2.45) is 5.92 Å². The Kier molecular flexibility index (Phi) is 7.23. The van der Waals surface area contributed by atoms with E-state index in [0.29, 0.717) is 32.1 Å². The zero-order valence-electron chi connectivity index (χ0n) is 22.0. The number of thiazole rings is 1. The first-order chi connectivity index (χ1) is 19.8. The Morgan fingerprint density at radius 1 is 0.976 bits per heavy atom. The zero-order chi connectivity index (χ0) is 28.8. The van der Waals surface area contributed by atoms with E-state index >= 15 is 0 Å². The number of carbonyl (C=O) groups is 3. The number of anilines is 2. The Balaban J connectivity index is 1.41. The van der Waals surface area contributed by atoms with Crippen LogP contribution in [0.25, 0.3) is 0 Å². The lowest BCUT2D eigenvalue weighted by Gasteiger charge is -2.30. The van der Waals surface area contributed by atoms with Gasteiger partial charge in [0.05, 0.1) is 23.7 Å². The Hall–Kier alpha value is -3.86. The number of carbonyl (C=O) groups excluding carboxylic acids is 3. The van der Waals surface area contributed by atoms with Crippen LogP contribution < -0.4 is 19.8 Å². The number of fused-ring (bicyclic) bond motifs is 2. The summed E-state index contributed by atoms with van der Waals surface area (Å²) in [6.07, 6.45) is 0. The molecule has 1 aromatic heterocycles. The summed E-state index contributed by atoms with van der Waals surface area (Å²) in [5.41, 5.74) is 2.77. The van der Waals surface area contributed by atoms with E-state index in [1.807, 2.05) is 37.3 Å². The molecule has 2 aliphatic heterocycles. The molecule has 4 aromatic rings. The number of nitrogens with zero attached hydrogens (tertiary/aromatic N) is 2. The van der Waals surface area contributed by atoms with Crippen molar-refractivity contribution in [3.8, 4) is 5.75 Å². The first-order valence-electron chi connectivity index (χ1n) is 12.8. The number of ether oxygens (including phenoxy) is 1. The van der Waals surface area contributed by atoms with Gasteiger partial charge in [-0.1, -0.05) is 65.0 Å². The van der Waals surface area contributed by atoms with Crippen LogP contribution in [0.1, 0.15) is 21.9 Å². The molecule has 0 unspecified atom stereocenters. The van der Waals surface area contributed by atoms with Crippen molar-refractivity contribution in [1.82, 2.24) is 4.57 Å². The van der Waals surface area contributed by atoms with Crippen molar-refractivity contribution in [1.29, 1.82) is 0 Å². The Morgan fingerprint density at radius 3 is 2.37 bits per heavy atom. The van der Waals surface area contributed by atoms with Crippen LogP contribution in [0.15, 0.2) is 82.6 Å². The largest absolute Gasteiger partial charge is 0.497 e. The number of benzene rings is 3. The number of rotatable bonds is 6. The summed E-state index contributed by atoms with van der Waals surface area (Å²) in [7, 11) is 1.57. The monoisotopic (exact) mass is 605 g/mol. The Morgan fingerprint density at radius 2 is 1.68 bits per heavy atom. The molecule has 0 bridgehead atoms. The van der Waals surface area contributed by atoms with E-state index in [2.05, 4.69) is 5.32 Å². The van der Waals surface area contributed by atoms with Gasteiger partial charge in [-0.25, -0.2) is 4.90 Å². The Bertz CT molecular complexity index is 1730. The molecule has 0 saturated carbocycles. The van der Waals surface area contributed by atoms with Crippen molar-refractivity contribution in [2.45, 2.75) is 29.7 Å². The van der Waals surface area contributed by atoms with Gasteiger partial charge in [0.1, 0.15) is 17.5 Å². The molecule has 1 saturated heterocycles. The van der Waals surface area contributed by atoms with Gasteiger partial charge in [0.25, 0.3) is 0 Å². The first-order valence-corrected chi connectivity index (χ1v) is 14.9. The standard InChI is InChI=1S/C30H24ClN3O5S2/c1-16-5-3-4-6-21(16)32-22(35)15-33-29-26(41-30(33)38)23(17-7-13-20(39-2)14-8-17)24-25(40-29)28(37)34(27(24)36)19-11-9-18(31)10-12-19/h3-14,23-25H,15H2,1-2H3,(H,32,35)/t23-,24-,25+/m0/s1. The zero-order valence-corrected chi connectivity index (χ0v) is 24.4. The number of para-hydroxylation sites is 1. The molecule has 6 rings (SSSR count). The highest BCUT2D eigenvalue weighted by molar-refractivity contribution is 8.00. The van der Waals surface area contributed by atoms with Crippen LogP contribution in [0, 0.1) is 12.8 Å². The number of amides is 3. The molecule has 8 nitrogen and oxygen atoms in total. The maximum absolute atomic E-state index is 13.9. The molecule has 0 spiro atoms. The molecule has 3 heterocycles. The van der Waals surface area contributed by atoms with Crippen LogP contribution >= 0.6 is 34.7 Å². The van der Waals surface area contributed by atoms with E-state index < -0.39 is 17.1 Å². The van der Waals surface area contributed by atoms with E-state index in [4.69, 9.17) is 16.3 Å². The topological polar surface area (TPSA) is 97.7 Å². The number of imide groups is 1. The molecule has 2 aliphatic rings. The van der Waals surface area contributed by atoms with Crippen LogP contribution in [0.4, 0.5) is 11.4 Å². The lowest BCUT2D eigenvalue weighted by atomic mass is 9.83. The predicted octanol–water partition coefficient (Wildman–Crippen LogP) is 5.31. The maximum atomic E-state index is 13.9. The number of thioether (sulfide) groups is 1. The van der Waals surface area contributed by atoms with Crippen molar-refractivity contribution >= 4 is 63.8 Å². The van der Waals surface area contributed by atoms with Gasteiger partial charge in [0.2, 0.25) is 17.7 Å². The SMILES string of the molecule is COc1ccc([C@@H]2c3sc(=O)n(CC(=O)Nc4ccccc4C)c3S[C@H]3C(=O)N(c4ccc(Cl)cc4)C(=O)[C@@H]23)cc1. The van der Waals surface area contributed by atoms with Crippen LogP contribution in [0.3, 0.4) is 0 Å². The van der Waals surface area contributed by atoms with Crippen molar-refractivity contribution < 1.29 is 19.1 Å². The van der Waals surface area contributed by atoms with Gasteiger partial charge in [0.15, 0.2) is 0 Å². The maximum Gasteiger partial charge on any atom is 0.308 e. The lowest BCUT2D eigenvalue weighted by Crippen LogP contribution is -2.33. The number of aromatic nitrogens is 1. The summed E-state index contributed by atoms with van der Waals surface area (Å²) in [5.74, 6) is -1.73. The minimum Gasteiger partial charge on any atom is -0.497 e. The molecule has 3 aromatic carbocycles. The van der Waals surface area contributed by atoms with Crippen LogP contribution in [0.5, 0.6) is 5.75 Å². The third kappa shape index (κ3) is 4.86. The molecule has 1 fully saturated rings. The molecular formula is C30H24ClN3O5S2. The molecule has 41 heavy (non-hydrogen) atoms. The minimum absolute atomic E-state index is 0.220. The highest BCUT2D eigenvalue weighted by Gasteiger charge is 2.56. The van der Waals surface area contributed by atoms with Crippen molar-refractivity contribution in [3.63, 3.8) is 0 Å². The second kappa shape index (κ2) is 10.8. The highest BCUT2D eigenvalue weighted by Crippen LogP contribution is 2.54. The number of halogens is 1. The lowest BCUT2D eigenvalue weighted by molar-refractivity contribution is -0.122. The second-order valence-corrected chi connectivity index (χ2v) is 12.3. The summed E-state index contributed by atoms with van der Waals surface area (Å²) in [4.78, 5) is 55.7. The first kappa shape index (κ1) is 27.3. The summed E-state index contributed by atoms with van der Waals surface area (Å²) in [6.45, 7) is 1.67. The van der Waals surface area contributed by atoms with E-state index in [-0.39, 0.29) is 29.1 Å². The Labute approximate surface area is 248 Å². The number of hydrogen-bond acceptors (Lipinski definition) is 7. The van der Waals surface area contributed by atoms with Gasteiger partial charge in [-0.15, -0.1) is 0 Å². The molecule has 3 atom stereocenters. The van der Waals surface area contributed by atoms with Gasteiger partial charge in [0, 0.05) is 21.5 Å². The number of methoxy groups -OCH3 is 1. The summed E-state index contributed by atoms with van der Waals surface area (Å²) < 4.78 is 6.73. The second-order valence-electron chi connectivity index (χ2n) is 9.79. The molecule has 208 valence electrons. The molecule has 0 aliphatic carbocycles. The van der Waals surface area contributed by atoms with Crippen LogP contribution in [-0.2, 0) is 20.9 Å². The smallest absolute Gasteiger partial charge is 0.308 e. The van der Waals surface area contributed by atoms with Crippen LogP contribution in [0.2, 0.25) is 5.02 Å². The summed E-state index contributed by atoms with van der Waals surface area (Å²) in [5, 5.41) is 3.12. The third-order valence-electron chi connectivity index (χ3n) is 7.33. The minimum atomic E-state index is -0.780. The molecule has 11 heteroatoms. The van der Waals surface area contributed by atoms with E-state index in [9.17, 15) is 19.2 Å². The van der Waals surface area contributed by atoms with Crippen molar-refractivity contribution in [2.75, 3.05) is 17.3 Å². The normalized spacial score (nSPS) is 19.6. The van der Waals surface area contributed by atoms with Gasteiger partial charge in [-0.05, 0) is 60.5 Å². The number of nitrogens with one attached hydrogen (secondary N) is 1. The van der Waals surface area contributed by atoms with E-state index in [1.54, 1.807) is 49.6 Å². The number of hydrogen-bond donors (Lipinski definition) is 1. The molecule has 0 radical (unpaired) electrons. The highest BCUT2D eigenvalue weighted by atomic mass is 35.5. The summed E-state index contributed by atoms with van der Waals surface area (Å²) in [6, 6.07) is 21.2. The molecule has 3 amide bonds. The predicted molar refractivity (Wildman–Crippen MR) is 160 cm³/mol. The van der Waals surface area contributed by atoms with E-state index in [0.717, 1.165) is 22.5 Å². The van der Waals surface area contributed by atoms with E-state index in [1.165, 1.54) is 21.2 Å². The van der Waals surface area contributed by atoms with Gasteiger partial charge in [-0.3, -0.25) is 23.7 Å². The molecular weight excluding hydrogens is 582 g/mol. The summed E-state index contributed by atoms with van der Waals surface area (Å²) >= 11 is 8.24. The fourth-order valence-corrected chi connectivity index (χ4v) is 8.22. The molecule has 1 N–H and O–H groups in total. The fraction of sp³-hybridized carbons (Fsp3) is 0.200. The fourth-order valence-electron chi connectivity index (χ4n) is 5.32. The average molecular weight is 606 g/mol. The van der Waals surface area contributed by atoms with Crippen molar-refractivity contribution in [3.05, 3.63) is 103 Å². The van der Waals surface area contributed by atoms with Crippen LogP contribution in [-0.4, -0.2) is 34.6 Å². The van der Waals surface area contributed by atoms with Gasteiger partial charge >= 0.3 is 4.87 Å². The van der Waals surface area contributed by atoms with Gasteiger partial charge < -0.3 is 10.1 Å². The number of aryl methyl sites for hydroxylation is 1. The average Bonchev–Trinajstić information content (AvgIpc) is 3.41. The van der Waals surface area contributed by atoms with Gasteiger partial charge in [-0.2, -0.15) is 0 Å².